The number of ether oxygens (including phenoxy) is 2. The van der Waals surface area contributed by atoms with Crippen molar-refractivity contribution in [2.24, 2.45) is 0 Å². The van der Waals surface area contributed by atoms with E-state index in [-0.39, 0.29) is 5.76 Å². The van der Waals surface area contributed by atoms with E-state index in [0.717, 1.165) is 0 Å². The van der Waals surface area contributed by atoms with Crippen LogP contribution in [0.25, 0.3) is 0 Å². The molecular formula is C9H12O4. The van der Waals surface area contributed by atoms with E-state index < -0.39 is 11.9 Å². The standard InChI is InChI=1S/C9H12O4/c1-6(12-8(3)10)5-7(2)13-9(4)11/h5H,1H2,2-4H3. The summed E-state index contributed by atoms with van der Waals surface area (Å²) in [5.41, 5.74) is 0. The van der Waals surface area contributed by atoms with Crippen LogP contribution in [0.1, 0.15) is 20.8 Å². The van der Waals surface area contributed by atoms with E-state index in [4.69, 9.17) is 0 Å². The number of hydrogen-bond donors (Lipinski definition) is 0. The Labute approximate surface area is 76.8 Å². The second-order valence-corrected chi connectivity index (χ2v) is 2.41. The summed E-state index contributed by atoms with van der Waals surface area (Å²) in [5.74, 6) is -0.411. The molecule has 0 spiro atoms. The summed E-state index contributed by atoms with van der Waals surface area (Å²) in [6.07, 6.45) is 1.36. The highest BCUT2D eigenvalue weighted by atomic mass is 16.5. The maximum absolute atomic E-state index is 10.5. The fourth-order valence-electron chi connectivity index (χ4n) is 0.697. The minimum absolute atomic E-state index is 0.145. The minimum atomic E-state index is -0.461. The van der Waals surface area contributed by atoms with E-state index in [1.54, 1.807) is 6.92 Å². The highest BCUT2D eigenvalue weighted by Crippen LogP contribution is 2.03. The highest BCUT2D eigenvalue weighted by molar-refractivity contribution is 5.68. The lowest BCUT2D eigenvalue weighted by atomic mass is 10.4. The molecular weight excluding hydrogens is 172 g/mol. The van der Waals surface area contributed by atoms with Crippen LogP contribution in [0.4, 0.5) is 0 Å². The minimum Gasteiger partial charge on any atom is -0.431 e. The lowest BCUT2D eigenvalue weighted by Crippen LogP contribution is -1.99. The van der Waals surface area contributed by atoms with Crippen molar-refractivity contribution in [3.63, 3.8) is 0 Å². The predicted octanol–water partition coefficient (Wildman–Crippen LogP) is 1.53. The van der Waals surface area contributed by atoms with Crippen LogP contribution in [0.3, 0.4) is 0 Å². The SMILES string of the molecule is C=C(C=C(C)OC(C)=O)OC(C)=O. The summed E-state index contributed by atoms with van der Waals surface area (Å²) in [6, 6.07) is 0. The van der Waals surface area contributed by atoms with E-state index in [9.17, 15) is 9.59 Å². The molecule has 4 heteroatoms. The molecule has 72 valence electrons. The number of esters is 2. The van der Waals surface area contributed by atoms with Crippen LogP contribution in [-0.2, 0) is 19.1 Å². The molecule has 0 unspecified atom stereocenters. The van der Waals surface area contributed by atoms with Crippen molar-refractivity contribution >= 4 is 11.9 Å². The quantitative estimate of drug-likeness (QED) is 0.379. The van der Waals surface area contributed by atoms with Crippen LogP contribution in [0.2, 0.25) is 0 Å². The predicted molar refractivity (Wildman–Crippen MR) is 46.4 cm³/mol. The van der Waals surface area contributed by atoms with Crippen LogP contribution < -0.4 is 0 Å². The Kier molecular flexibility index (Phi) is 4.51. The summed E-state index contributed by atoms with van der Waals surface area (Å²) in [6.45, 7) is 7.54. The van der Waals surface area contributed by atoms with Crippen LogP contribution in [0.15, 0.2) is 24.2 Å². The van der Waals surface area contributed by atoms with Gasteiger partial charge in [-0.25, -0.2) is 0 Å². The fourth-order valence-corrected chi connectivity index (χ4v) is 0.697. The van der Waals surface area contributed by atoms with Gasteiger partial charge in [-0.2, -0.15) is 0 Å². The Morgan fingerprint density at radius 3 is 1.92 bits per heavy atom. The average molecular weight is 184 g/mol. The molecule has 0 fully saturated rings. The maximum atomic E-state index is 10.5. The average Bonchev–Trinajstić information content (AvgIpc) is 1.80. The largest absolute Gasteiger partial charge is 0.431 e. The summed E-state index contributed by atoms with van der Waals surface area (Å²) >= 11 is 0. The third-order valence-corrected chi connectivity index (χ3v) is 0.944. The molecule has 0 aliphatic heterocycles. The highest BCUT2D eigenvalue weighted by Gasteiger charge is 1.99. The van der Waals surface area contributed by atoms with Crippen LogP contribution >= 0.6 is 0 Å². The molecule has 0 radical (unpaired) electrons. The van der Waals surface area contributed by atoms with E-state index in [1.807, 2.05) is 0 Å². The second-order valence-electron chi connectivity index (χ2n) is 2.41. The first-order valence-electron chi connectivity index (χ1n) is 3.66. The molecule has 0 heterocycles. The molecule has 0 aromatic carbocycles. The van der Waals surface area contributed by atoms with Gasteiger partial charge in [0.1, 0.15) is 11.5 Å². The first kappa shape index (κ1) is 11.4. The van der Waals surface area contributed by atoms with Crippen LogP contribution in [0.5, 0.6) is 0 Å². The fraction of sp³-hybridized carbons (Fsp3) is 0.333. The Morgan fingerprint density at radius 1 is 1.08 bits per heavy atom. The Balaban J connectivity index is 4.14. The zero-order chi connectivity index (χ0) is 10.4. The summed E-state index contributed by atoms with van der Waals surface area (Å²) in [4.78, 5) is 20.9. The van der Waals surface area contributed by atoms with Gasteiger partial charge < -0.3 is 9.47 Å². The van der Waals surface area contributed by atoms with Gasteiger partial charge in [0.15, 0.2) is 0 Å². The maximum Gasteiger partial charge on any atom is 0.308 e. The molecule has 13 heavy (non-hydrogen) atoms. The number of hydrogen-bond acceptors (Lipinski definition) is 4. The van der Waals surface area contributed by atoms with Crippen molar-refractivity contribution in [3.05, 3.63) is 24.2 Å². The van der Waals surface area contributed by atoms with E-state index >= 15 is 0 Å². The molecule has 0 N–H and O–H groups in total. The second kappa shape index (κ2) is 5.13. The van der Waals surface area contributed by atoms with Gasteiger partial charge in [0.2, 0.25) is 0 Å². The van der Waals surface area contributed by atoms with E-state index in [1.165, 1.54) is 19.9 Å². The third kappa shape index (κ3) is 6.80. The summed E-state index contributed by atoms with van der Waals surface area (Å²) in [5, 5.41) is 0. The normalized spacial score (nSPS) is 10.5. The van der Waals surface area contributed by atoms with Gasteiger partial charge >= 0.3 is 11.9 Å². The van der Waals surface area contributed by atoms with Gasteiger partial charge in [0, 0.05) is 19.9 Å². The third-order valence-electron chi connectivity index (χ3n) is 0.944. The van der Waals surface area contributed by atoms with Gasteiger partial charge in [-0.3, -0.25) is 9.59 Å². The number of rotatable bonds is 3. The summed E-state index contributed by atoms with van der Waals surface area (Å²) in [7, 11) is 0. The zero-order valence-corrected chi connectivity index (χ0v) is 7.92. The van der Waals surface area contributed by atoms with Crippen molar-refractivity contribution in [2.45, 2.75) is 20.8 Å². The molecule has 4 nitrogen and oxygen atoms in total. The molecule has 0 saturated heterocycles. The topological polar surface area (TPSA) is 52.6 Å². The van der Waals surface area contributed by atoms with Gasteiger partial charge in [0.05, 0.1) is 0 Å². The molecule has 0 aromatic heterocycles. The molecule has 0 bridgehead atoms. The van der Waals surface area contributed by atoms with Crippen molar-refractivity contribution < 1.29 is 19.1 Å². The Hall–Kier alpha value is -1.58. The van der Waals surface area contributed by atoms with E-state index in [0.29, 0.717) is 5.76 Å². The first-order valence-corrected chi connectivity index (χ1v) is 3.66. The molecule has 0 atom stereocenters. The van der Waals surface area contributed by atoms with Gasteiger partial charge in [-0.05, 0) is 6.92 Å². The zero-order valence-electron chi connectivity index (χ0n) is 7.92. The Morgan fingerprint density at radius 2 is 1.54 bits per heavy atom. The van der Waals surface area contributed by atoms with Crippen LogP contribution in [0, 0.1) is 0 Å². The van der Waals surface area contributed by atoms with Gasteiger partial charge in [0.25, 0.3) is 0 Å². The van der Waals surface area contributed by atoms with Crippen LogP contribution in [-0.4, -0.2) is 11.9 Å². The number of carbonyl (C=O) groups excluding carboxylic acids is 2. The molecule has 0 amide bonds. The summed E-state index contributed by atoms with van der Waals surface area (Å²) < 4.78 is 9.27. The molecule has 0 aliphatic rings. The number of allylic oxidation sites excluding steroid dienone is 2. The molecule has 0 aromatic rings. The molecule has 0 aliphatic carbocycles. The lowest BCUT2D eigenvalue weighted by molar-refractivity contribution is -0.136. The molecule has 0 saturated carbocycles. The number of carbonyl (C=O) groups is 2. The monoisotopic (exact) mass is 184 g/mol. The smallest absolute Gasteiger partial charge is 0.308 e. The van der Waals surface area contributed by atoms with Crippen molar-refractivity contribution in [1.82, 2.24) is 0 Å². The van der Waals surface area contributed by atoms with E-state index in [2.05, 4.69) is 16.1 Å². The van der Waals surface area contributed by atoms with Gasteiger partial charge in [-0.15, -0.1) is 0 Å². The van der Waals surface area contributed by atoms with Gasteiger partial charge in [-0.1, -0.05) is 6.58 Å². The Bertz CT molecular complexity index is 263. The lowest BCUT2D eigenvalue weighted by Gasteiger charge is -2.02. The van der Waals surface area contributed by atoms with Crippen molar-refractivity contribution in [2.75, 3.05) is 0 Å². The van der Waals surface area contributed by atoms with Crippen molar-refractivity contribution in [3.8, 4) is 0 Å². The first-order chi connectivity index (χ1) is 5.91. The molecule has 0 rings (SSSR count). The van der Waals surface area contributed by atoms with Crippen molar-refractivity contribution in [1.29, 1.82) is 0 Å².